The number of anilines is 1. The summed E-state index contributed by atoms with van der Waals surface area (Å²) in [6.07, 6.45) is 0.257. The lowest BCUT2D eigenvalue weighted by atomic mass is 10.1. The predicted octanol–water partition coefficient (Wildman–Crippen LogP) is 4.19. The summed E-state index contributed by atoms with van der Waals surface area (Å²) in [6.45, 7) is 9.56. The average Bonchev–Trinajstić information content (AvgIpc) is 2.66. The van der Waals surface area contributed by atoms with Crippen LogP contribution in [0.4, 0.5) is 5.69 Å². The van der Waals surface area contributed by atoms with Gasteiger partial charge in [-0.15, -0.1) is 0 Å². The molecule has 0 unspecified atom stereocenters. The van der Waals surface area contributed by atoms with Gasteiger partial charge in [0, 0.05) is 24.3 Å². The second-order valence-corrected chi connectivity index (χ2v) is 6.47. The molecule has 0 saturated carbocycles. The number of aryl methyl sites for hydroxylation is 2. The Morgan fingerprint density at radius 3 is 2.30 bits per heavy atom. The molecule has 0 aliphatic carbocycles. The SMILES string of the molecule is CCN(CC)C(=O)c1ccc(NC(=O)CCOc2cc(C)ccc2C)cc1. The number of rotatable bonds is 8. The van der Waals surface area contributed by atoms with Crippen molar-refractivity contribution in [3.63, 3.8) is 0 Å². The van der Waals surface area contributed by atoms with Crippen molar-refractivity contribution in [1.82, 2.24) is 4.90 Å². The molecule has 2 amide bonds. The van der Waals surface area contributed by atoms with E-state index in [0.29, 0.717) is 30.9 Å². The third-order valence-corrected chi connectivity index (χ3v) is 4.40. The highest BCUT2D eigenvalue weighted by atomic mass is 16.5. The molecular weight excluding hydrogens is 340 g/mol. The number of amides is 2. The monoisotopic (exact) mass is 368 g/mol. The normalized spacial score (nSPS) is 10.4. The molecule has 1 N–H and O–H groups in total. The largest absolute Gasteiger partial charge is 0.493 e. The molecule has 0 aromatic heterocycles. The van der Waals surface area contributed by atoms with Crippen molar-refractivity contribution >= 4 is 17.5 Å². The molecule has 0 aliphatic heterocycles. The number of carbonyl (C=O) groups excluding carboxylic acids is 2. The Kier molecular flexibility index (Phi) is 7.41. The molecule has 144 valence electrons. The van der Waals surface area contributed by atoms with E-state index in [1.165, 1.54) is 0 Å². The van der Waals surface area contributed by atoms with Crippen LogP contribution in [-0.2, 0) is 4.79 Å². The van der Waals surface area contributed by atoms with Gasteiger partial charge in [0.1, 0.15) is 5.75 Å². The van der Waals surface area contributed by atoms with E-state index in [0.717, 1.165) is 16.9 Å². The van der Waals surface area contributed by atoms with Crippen LogP contribution in [0, 0.1) is 13.8 Å². The number of hydrogen-bond donors (Lipinski definition) is 1. The van der Waals surface area contributed by atoms with Gasteiger partial charge >= 0.3 is 0 Å². The molecule has 0 saturated heterocycles. The molecule has 27 heavy (non-hydrogen) atoms. The summed E-state index contributed by atoms with van der Waals surface area (Å²) >= 11 is 0. The number of benzene rings is 2. The summed E-state index contributed by atoms with van der Waals surface area (Å²) < 4.78 is 5.72. The molecule has 0 radical (unpaired) electrons. The quantitative estimate of drug-likeness (QED) is 0.760. The van der Waals surface area contributed by atoms with Gasteiger partial charge in [0.05, 0.1) is 13.0 Å². The van der Waals surface area contributed by atoms with E-state index in [4.69, 9.17) is 4.74 Å². The summed E-state index contributed by atoms with van der Waals surface area (Å²) in [5.74, 6) is 0.685. The maximum absolute atomic E-state index is 12.3. The van der Waals surface area contributed by atoms with Crippen LogP contribution in [-0.4, -0.2) is 36.4 Å². The van der Waals surface area contributed by atoms with Gasteiger partial charge in [-0.3, -0.25) is 9.59 Å². The molecule has 0 atom stereocenters. The molecule has 2 rings (SSSR count). The molecular formula is C22H28N2O3. The van der Waals surface area contributed by atoms with Crippen LogP contribution >= 0.6 is 0 Å². The third-order valence-electron chi connectivity index (χ3n) is 4.40. The van der Waals surface area contributed by atoms with Crippen LogP contribution in [0.2, 0.25) is 0 Å². The molecule has 2 aromatic rings. The minimum absolute atomic E-state index is 0.000184. The fraction of sp³-hybridized carbons (Fsp3) is 0.364. The zero-order chi connectivity index (χ0) is 19.8. The van der Waals surface area contributed by atoms with Crippen molar-refractivity contribution in [2.24, 2.45) is 0 Å². The van der Waals surface area contributed by atoms with Crippen molar-refractivity contribution in [2.75, 3.05) is 25.0 Å². The molecule has 0 aliphatic rings. The van der Waals surface area contributed by atoms with Gasteiger partial charge in [-0.2, -0.15) is 0 Å². The molecule has 0 spiro atoms. The zero-order valence-corrected chi connectivity index (χ0v) is 16.5. The predicted molar refractivity (Wildman–Crippen MR) is 108 cm³/mol. The summed E-state index contributed by atoms with van der Waals surface area (Å²) in [5.41, 5.74) is 3.46. The highest BCUT2D eigenvalue weighted by Gasteiger charge is 2.12. The zero-order valence-electron chi connectivity index (χ0n) is 16.5. The van der Waals surface area contributed by atoms with E-state index in [2.05, 4.69) is 5.32 Å². The standard InChI is InChI=1S/C22H28N2O3/c1-5-24(6-2)22(26)18-9-11-19(12-10-18)23-21(25)13-14-27-20-15-16(3)7-8-17(20)4/h7-12,15H,5-6,13-14H2,1-4H3,(H,23,25). The van der Waals surface area contributed by atoms with Crippen molar-refractivity contribution in [3.8, 4) is 5.75 Å². The summed E-state index contributed by atoms with van der Waals surface area (Å²) in [7, 11) is 0. The topological polar surface area (TPSA) is 58.6 Å². The Morgan fingerprint density at radius 1 is 1.00 bits per heavy atom. The second-order valence-electron chi connectivity index (χ2n) is 6.47. The van der Waals surface area contributed by atoms with E-state index in [-0.39, 0.29) is 18.2 Å². The maximum Gasteiger partial charge on any atom is 0.253 e. The van der Waals surface area contributed by atoms with E-state index < -0.39 is 0 Å². The van der Waals surface area contributed by atoms with Crippen molar-refractivity contribution < 1.29 is 14.3 Å². The van der Waals surface area contributed by atoms with Crippen LogP contribution in [0.5, 0.6) is 5.75 Å². The molecule has 0 fully saturated rings. The van der Waals surface area contributed by atoms with E-state index in [1.54, 1.807) is 29.2 Å². The molecule has 2 aromatic carbocycles. The Hall–Kier alpha value is -2.82. The molecule has 0 heterocycles. The number of carbonyl (C=O) groups is 2. The van der Waals surface area contributed by atoms with Gasteiger partial charge in [0.15, 0.2) is 0 Å². The van der Waals surface area contributed by atoms with Crippen molar-refractivity contribution in [2.45, 2.75) is 34.1 Å². The van der Waals surface area contributed by atoms with E-state index >= 15 is 0 Å². The summed E-state index contributed by atoms with van der Waals surface area (Å²) in [6, 6.07) is 13.0. The summed E-state index contributed by atoms with van der Waals surface area (Å²) in [4.78, 5) is 26.2. The van der Waals surface area contributed by atoms with Gasteiger partial charge in [-0.1, -0.05) is 12.1 Å². The van der Waals surface area contributed by atoms with Gasteiger partial charge in [-0.05, 0) is 69.2 Å². The van der Waals surface area contributed by atoms with Gasteiger partial charge in [-0.25, -0.2) is 0 Å². The van der Waals surface area contributed by atoms with Crippen molar-refractivity contribution in [1.29, 1.82) is 0 Å². The Labute approximate surface area is 161 Å². The maximum atomic E-state index is 12.3. The van der Waals surface area contributed by atoms with Crippen molar-refractivity contribution in [3.05, 3.63) is 59.2 Å². The van der Waals surface area contributed by atoms with E-state index in [9.17, 15) is 9.59 Å². The minimum Gasteiger partial charge on any atom is -0.493 e. The van der Waals surface area contributed by atoms with Gasteiger partial charge in [0.25, 0.3) is 5.91 Å². The third kappa shape index (κ3) is 5.84. The number of nitrogens with one attached hydrogen (secondary N) is 1. The minimum atomic E-state index is -0.122. The Morgan fingerprint density at radius 2 is 1.67 bits per heavy atom. The van der Waals surface area contributed by atoms with Crippen LogP contribution in [0.25, 0.3) is 0 Å². The number of hydrogen-bond acceptors (Lipinski definition) is 3. The Balaban J connectivity index is 1.85. The Bertz CT molecular complexity index is 781. The van der Waals surface area contributed by atoms with Crippen LogP contribution < -0.4 is 10.1 Å². The summed E-state index contributed by atoms with van der Waals surface area (Å²) in [5, 5.41) is 2.83. The van der Waals surface area contributed by atoms with Crippen LogP contribution in [0.3, 0.4) is 0 Å². The molecule has 0 bridgehead atoms. The lowest BCUT2D eigenvalue weighted by Gasteiger charge is -2.18. The first kappa shape index (κ1) is 20.5. The van der Waals surface area contributed by atoms with Gasteiger partial charge < -0.3 is 15.0 Å². The smallest absolute Gasteiger partial charge is 0.253 e. The first-order valence-corrected chi connectivity index (χ1v) is 9.33. The molecule has 5 heteroatoms. The first-order valence-electron chi connectivity index (χ1n) is 9.33. The highest BCUT2D eigenvalue weighted by Crippen LogP contribution is 2.19. The first-order chi connectivity index (χ1) is 12.9. The highest BCUT2D eigenvalue weighted by molar-refractivity contribution is 5.95. The lowest BCUT2D eigenvalue weighted by molar-refractivity contribution is -0.116. The number of ether oxygens (including phenoxy) is 1. The lowest BCUT2D eigenvalue weighted by Crippen LogP contribution is -2.30. The molecule has 5 nitrogen and oxygen atoms in total. The van der Waals surface area contributed by atoms with E-state index in [1.807, 2.05) is 45.9 Å². The fourth-order valence-corrected chi connectivity index (χ4v) is 2.73. The average molecular weight is 368 g/mol. The fourth-order valence-electron chi connectivity index (χ4n) is 2.73. The van der Waals surface area contributed by atoms with Gasteiger partial charge in [0.2, 0.25) is 5.91 Å². The number of nitrogens with zero attached hydrogens (tertiary/aromatic N) is 1. The van der Waals surface area contributed by atoms with Crippen LogP contribution in [0.1, 0.15) is 41.8 Å². The van der Waals surface area contributed by atoms with Crippen LogP contribution in [0.15, 0.2) is 42.5 Å². The second kappa shape index (κ2) is 9.76.